The van der Waals surface area contributed by atoms with Crippen molar-refractivity contribution >= 4 is 45.2 Å². The Morgan fingerprint density at radius 2 is 2.07 bits per heavy atom. The van der Waals surface area contributed by atoms with E-state index in [-0.39, 0.29) is 22.2 Å². The van der Waals surface area contributed by atoms with Crippen LogP contribution in [0.15, 0.2) is 50.2 Å². The molecule has 0 saturated carbocycles. The lowest BCUT2D eigenvalue weighted by Crippen LogP contribution is -2.20. The summed E-state index contributed by atoms with van der Waals surface area (Å²) in [4.78, 5) is 29.2. The van der Waals surface area contributed by atoms with Crippen LogP contribution >= 0.6 is 23.1 Å². The molecule has 0 radical (unpaired) electrons. The van der Waals surface area contributed by atoms with E-state index in [1.807, 2.05) is 30.3 Å². The van der Waals surface area contributed by atoms with Crippen LogP contribution in [0.25, 0.3) is 11.1 Å². The number of rotatable bonds is 5. The Morgan fingerprint density at radius 1 is 1.29 bits per heavy atom. The van der Waals surface area contributed by atoms with E-state index in [1.165, 1.54) is 27.8 Å². The average Bonchev–Trinajstić information content (AvgIpc) is 3.27. The number of furan rings is 1. The predicted octanol–water partition coefficient (Wildman–Crippen LogP) is 3.23. The van der Waals surface area contributed by atoms with Crippen molar-refractivity contribution < 1.29 is 9.21 Å². The molecule has 0 bridgehead atoms. The molecule has 0 saturated heterocycles. The summed E-state index contributed by atoms with van der Waals surface area (Å²) in [5.74, 6) is 0.611. The number of aromatic nitrogens is 4. The molecule has 1 amide bonds. The van der Waals surface area contributed by atoms with Crippen LogP contribution in [0.2, 0.25) is 0 Å². The van der Waals surface area contributed by atoms with Gasteiger partial charge in [-0.25, -0.2) is 4.98 Å². The summed E-state index contributed by atoms with van der Waals surface area (Å²) in [6.07, 6.45) is 1.36. The molecule has 0 fully saturated rings. The van der Waals surface area contributed by atoms with Gasteiger partial charge in [-0.3, -0.25) is 14.9 Å². The molecule has 4 aromatic rings. The highest BCUT2D eigenvalue weighted by molar-refractivity contribution is 8.00. The number of carbonyl (C=O) groups excluding carboxylic acids is 1. The summed E-state index contributed by atoms with van der Waals surface area (Å²) in [7, 11) is 1.57. The number of hydrogen-bond acceptors (Lipinski definition) is 8. The van der Waals surface area contributed by atoms with Crippen LogP contribution in [-0.2, 0) is 12.8 Å². The molecule has 0 aliphatic carbocycles. The van der Waals surface area contributed by atoms with E-state index in [0.29, 0.717) is 10.9 Å². The smallest absolute Gasteiger partial charge is 0.265 e. The van der Waals surface area contributed by atoms with Gasteiger partial charge in [0.25, 0.3) is 11.5 Å². The van der Waals surface area contributed by atoms with Crippen molar-refractivity contribution in [1.29, 1.82) is 0 Å². The molecule has 1 aromatic carbocycles. The second-order valence-corrected chi connectivity index (χ2v) is 8.18. The molecular weight excluding hydrogens is 398 g/mol. The lowest BCUT2D eigenvalue weighted by molar-refractivity contribution is 0.102. The lowest BCUT2D eigenvalue weighted by atomic mass is 10.2. The summed E-state index contributed by atoms with van der Waals surface area (Å²) < 4.78 is 7.51. The molecule has 4 rings (SSSR count). The largest absolute Gasteiger partial charge is 0.442 e. The Bertz CT molecular complexity index is 1210. The van der Waals surface area contributed by atoms with Crippen molar-refractivity contribution in [3.63, 3.8) is 0 Å². The topological polar surface area (TPSA) is 103 Å². The summed E-state index contributed by atoms with van der Waals surface area (Å²) in [5.41, 5.74) is 1.14. The van der Waals surface area contributed by atoms with Gasteiger partial charge in [0.15, 0.2) is 4.34 Å². The van der Waals surface area contributed by atoms with E-state index < -0.39 is 5.91 Å². The number of nitrogens with zero attached hydrogens (tertiary/aromatic N) is 4. The fraction of sp³-hybridized carbons (Fsp3) is 0.167. The molecule has 142 valence electrons. The van der Waals surface area contributed by atoms with Gasteiger partial charge in [-0.2, -0.15) is 0 Å². The third-order valence-electron chi connectivity index (χ3n) is 4.01. The summed E-state index contributed by atoms with van der Waals surface area (Å²) in [5, 5.41) is 11.3. The van der Waals surface area contributed by atoms with E-state index in [0.717, 1.165) is 10.1 Å². The molecular formula is C18H15N5O3S2. The van der Waals surface area contributed by atoms with E-state index in [4.69, 9.17) is 4.42 Å². The Labute approximate surface area is 167 Å². The Balaban J connectivity index is 1.53. The number of carbonyl (C=O) groups is 1. The van der Waals surface area contributed by atoms with Crippen LogP contribution in [0.1, 0.15) is 21.7 Å². The highest BCUT2D eigenvalue weighted by atomic mass is 32.2. The minimum atomic E-state index is -0.475. The van der Waals surface area contributed by atoms with Crippen molar-refractivity contribution in [3.05, 3.63) is 63.9 Å². The quantitative estimate of drug-likeness (QED) is 0.396. The molecule has 0 aliphatic rings. The third-order valence-corrected chi connectivity index (χ3v) is 6.05. The number of fused-ring (bicyclic) bond motifs is 1. The van der Waals surface area contributed by atoms with Crippen LogP contribution in [-0.4, -0.2) is 25.7 Å². The molecule has 3 heterocycles. The normalized spacial score (nSPS) is 11.1. The zero-order valence-electron chi connectivity index (χ0n) is 15.0. The Kier molecular flexibility index (Phi) is 4.97. The van der Waals surface area contributed by atoms with Crippen molar-refractivity contribution in [1.82, 2.24) is 19.7 Å². The number of benzene rings is 1. The van der Waals surface area contributed by atoms with Gasteiger partial charge in [-0.15, -0.1) is 10.2 Å². The third kappa shape index (κ3) is 3.56. The number of aryl methyl sites for hydroxylation is 2. The second-order valence-electron chi connectivity index (χ2n) is 5.98. The highest BCUT2D eigenvalue weighted by Crippen LogP contribution is 2.29. The first kappa shape index (κ1) is 18.4. The van der Waals surface area contributed by atoms with Crippen molar-refractivity contribution in [3.8, 4) is 0 Å². The van der Waals surface area contributed by atoms with Gasteiger partial charge in [0, 0.05) is 12.8 Å². The average molecular weight is 413 g/mol. The fourth-order valence-electron chi connectivity index (χ4n) is 2.66. The second kappa shape index (κ2) is 7.56. The van der Waals surface area contributed by atoms with Crippen LogP contribution in [0, 0.1) is 6.92 Å². The molecule has 3 aromatic heterocycles. The summed E-state index contributed by atoms with van der Waals surface area (Å²) >= 11 is 2.82. The van der Waals surface area contributed by atoms with Gasteiger partial charge in [0.05, 0.1) is 5.56 Å². The van der Waals surface area contributed by atoms with Gasteiger partial charge in [0.1, 0.15) is 17.5 Å². The maximum atomic E-state index is 12.7. The lowest BCUT2D eigenvalue weighted by Gasteiger charge is -2.00. The molecule has 0 atom stereocenters. The van der Waals surface area contributed by atoms with Crippen LogP contribution in [0.4, 0.5) is 5.13 Å². The standard InChI is InChI=1S/C18H15N5O3S2/c1-10-12(13-15(26-10)19-9-23(2)16(13)25)14(24)20-17-21-22-18(28-17)27-8-11-6-4-3-5-7-11/h3-7,9H,8H2,1-2H3,(H,20,21,24). The predicted molar refractivity (Wildman–Crippen MR) is 108 cm³/mol. The van der Waals surface area contributed by atoms with Crippen molar-refractivity contribution in [2.75, 3.05) is 5.32 Å². The Hall–Kier alpha value is -2.98. The molecule has 0 unspecified atom stereocenters. The first-order valence-electron chi connectivity index (χ1n) is 8.29. The summed E-state index contributed by atoms with van der Waals surface area (Å²) in [6.45, 7) is 1.62. The zero-order chi connectivity index (χ0) is 19.7. The monoisotopic (exact) mass is 413 g/mol. The van der Waals surface area contributed by atoms with Crippen molar-refractivity contribution in [2.24, 2.45) is 7.05 Å². The van der Waals surface area contributed by atoms with Gasteiger partial charge in [-0.05, 0) is 12.5 Å². The first-order chi connectivity index (χ1) is 13.5. The van der Waals surface area contributed by atoms with Gasteiger partial charge < -0.3 is 8.98 Å². The number of thioether (sulfide) groups is 1. The van der Waals surface area contributed by atoms with Gasteiger partial charge >= 0.3 is 0 Å². The van der Waals surface area contributed by atoms with Gasteiger partial charge in [0.2, 0.25) is 10.8 Å². The molecule has 10 heteroatoms. The van der Waals surface area contributed by atoms with Crippen LogP contribution in [0.3, 0.4) is 0 Å². The van der Waals surface area contributed by atoms with E-state index >= 15 is 0 Å². The fourth-order valence-corrected chi connectivity index (χ4v) is 4.36. The maximum Gasteiger partial charge on any atom is 0.265 e. The minimum Gasteiger partial charge on any atom is -0.442 e. The van der Waals surface area contributed by atoms with E-state index in [2.05, 4.69) is 20.5 Å². The number of anilines is 1. The van der Waals surface area contributed by atoms with Gasteiger partial charge in [-0.1, -0.05) is 53.4 Å². The molecule has 0 aliphatic heterocycles. The Morgan fingerprint density at radius 3 is 2.86 bits per heavy atom. The number of amides is 1. The number of nitrogens with one attached hydrogen (secondary N) is 1. The molecule has 1 N–H and O–H groups in total. The van der Waals surface area contributed by atoms with Crippen molar-refractivity contribution in [2.45, 2.75) is 17.0 Å². The number of hydrogen-bond donors (Lipinski definition) is 1. The molecule has 28 heavy (non-hydrogen) atoms. The van der Waals surface area contributed by atoms with Crippen LogP contribution < -0.4 is 10.9 Å². The molecule has 8 nitrogen and oxygen atoms in total. The SMILES string of the molecule is Cc1oc2ncn(C)c(=O)c2c1C(=O)Nc1nnc(SCc2ccccc2)s1. The maximum absolute atomic E-state index is 12.7. The van der Waals surface area contributed by atoms with E-state index in [9.17, 15) is 9.59 Å². The zero-order valence-corrected chi connectivity index (χ0v) is 16.6. The minimum absolute atomic E-state index is 0.141. The molecule has 0 spiro atoms. The van der Waals surface area contributed by atoms with Crippen LogP contribution in [0.5, 0.6) is 0 Å². The summed E-state index contributed by atoms with van der Waals surface area (Å²) in [6, 6.07) is 10.0. The highest BCUT2D eigenvalue weighted by Gasteiger charge is 2.23. The first-order valence-corrected chi connectivity index (χ1v) is 10.1. The van der Waals surface area contributed by atoms with E-state index in [1.54, 1.807) is 25.7 Å².